The highest BCUT2D eigenvalue weighted by Gasteiger charge is 2.53. The van der Waals surface area contributed by atoms with E-state index in [1.807, 2.05) is 63.1 Å². The van der Waals surface area contributed by atoms with Crippen molar-refractivity contribution in [2.45, 2.75) is 83.6 Å². The summed E-state index contributed by atoms with van der Waals surface area (Å²) in [6.45, 7) is 16.4. The Morgan fingerprint density at radius 2 is 1.27 bits per heavy atom. The molecule has 0 fully saturated rings. The number of hydrogen-bond acceptors (Lipinski definition) is 3. The van der Waals surface area contributed by atoms with Crippen LogP contribution in [0.2, 0.25) is 58.4 Å². The van der Waals surface area contributed by atoms with Crippen LogP contribution in [0.3, 0.4) is 0 Å². The van der Waals surface area contributed by atoms with Crippen LogP contribution in [-0.2, 0) is 12.3 Å². The van der Waals surface area contributed by atoms with Crippen LogP contribution < -0.4 is 5.19 Å². The highest BCUT2D eigenvalue weighted by molar-refractivity contribution is 6.95. The third-order valence-corrected chi connectivity index (χ3v) is 19.1. The van der Waals surface area contributed by atoms with Crippen molar-refractivity contribution < 1.29 is 29.9 Å². The fourth-order valence-electron chi connectivity index (χ4n) is 3.36. The Morgan fingerprint density at radius 1 is 0.767 bits per heavy atom. The number of benzene rings is 1. The first kappa shape index (κ1) is 27.7. The van der Waals surface area contributed by atoms with Gasteiger partial charge in [0.2, 0.25) is 5.67 Å². The second kappa shape index (κ2) is 9.28. The molecule has 0 spiro atoms. The predicted octanol–water partition coefficient (Wildman–Crippen LogP) is 6.44. The zero-order valence-corrected chi connectivity index (χ0v) is 23.5. The van der Waals surface area contributed by atoms with Crippen molar-refractivity contribution in [2.24, 2.45) is 0 Å². The number of alkyl halides is 4. The molecule has 2 atom stereocenters. The molecule has 0 N–H and O–H groups in total. The molecule has 1 rings (SSSR count). The zero-order valence-electron chi connectivity index (χ0n) is 19.5. The van der Waals surface area contributed by atoms with Gasteiger partial charge in [0.05, 0.1) is 0 Å². The average molecular weight is 501 g/mol. The molecule has 0 aliphatic rings. The van der Waals surface area contributed by atoms with Gasteiger partial charge < -0.3 is 12.3 Å². The fraction of sp³-hybridized carbons (Fsp3) is 0.684. The summed E-state index contributed by atoms with van der Waals surface area (Å²) in [6, 6.07) is 9.54. The average Bonchev–Trinajstić information content (AvgIpc) is 2.49. The van der Waals surface area contributed by atoms with Gasteiger partial charge in [-0.1, -0.05) is 30.3 Å². The van der Waals surface area contributed by atoms with Crippen molar-refractivity contribution in [3.8, 4) is 0 Å². The molecule has 1 aromatic rings. The molecule has 11 heteroatoms. The quantitative estimate of drug-likeness (QED) is 0.273. The van der Waals surface area contributed by atoms with Crippen molar-refractivity contribution in [1.82, 2.24) is 0 Å². The molecule has 0 saturated carbocycles. The lowest BCUT2D eigenvalue weighted by atomic mass is 10.1. The summed E-state index contributed by atoms with van der Waals surface area (Å²) in [7, 11) is -10.2. The summed E-state index contributed by atoms with van der Waals surface area (Å²) in [5.41, 5.74) is -3.23. The first-order chi connectivity index (χ1) is 13.2. The summed E-state index contributed by atoms with van der Waals surface area (Å²) in [5, 5.41) is 0.893. The van der Waals surface area contributed by atoms with Crippen LogP contribution in [0.1, 0.15) is 13.3 Å². The van der Waals surface area contributed by atoms with Crippen molar-refractivity contribution in [3.05, 3.63) is 30.3 Å². The maximum absolute atomic E-state index is 14.2. The zero-order chi connectivity index (χ0) is 23.6. The van der Waals surface area contributed by atoms with E-state index >= 15 is 0 Å². The third kappa shape index (κ3) is 8.67. The standard InChI is InChI=1S/C19H36F4O3Si4/c1-18(20,19(21,22)23)15-16-28(5,6)25-30(9,17-13-11-10-12-14-17)26-29(7,8)24-27(2,3)4/h10-14H,15-16H2,1-9H3. The molecular formula is C19H36F4O3Si4. The number of hydrogen-bond donors (Lipinski definition) is 0. The van der Waals surface area contributed by atoms with Gasteiger partial charge in [0.25, 0.3) is 0 Å². The Kier molecular flexibility index (Phi) is 8.57. The molecule has 0 aromatic heterocycles. The maximum Gasteiger partial charge on any atom is 0.422 e. The van der Waals surface area contributed by atoms with Gasteiger partial charge in [-0.3, -0.25) is 0 Å². The van der Waals surface area contributed by atoms with Crippen LogP contribution in [-0.4, -0.2) is 45.6 Å². The van der Waals surface area contributed by atoms with Crippen LogP contribution in [0.15, 0.2) is 30.3 Å². The fourth-order valence-corrected chi connectivity index (χ4v) is 21.5. The Bertz CT molecular complexity index is 691. The summed E-state index contributed by atoms with van der Waals surface area (Å²) in [5.74, 6) is 0. The van der Waals surface area contributed by atoms with Gasteiger partial charge in [0, 0.05) is 0 Å². The van der Waals surface area contributed by atoms with Crippen LogP contribution >= 0.6 is 0 Å². The molecule has 0 amide bonds. The second-order valence-corrected chi connectivity index (χ2v) is 26.0. The first-order valence-electron chi connectivity index (χ1n) is 10.1. The smallest absolute Gasteiger partial charge is 0.422 e. The van der Waals surface area contributed by atoms with Crippen LogP contribution in [0.5, 0.6) is 0 Å². The third-order valence-electron chi connectivity index (χ3n) is 4.55. The van der Waals surface area contributed by atoms with Gasteiger partial charge in [0.15, 0.2) is 16.6 Å². The SMILES string of the molecule is CC(F)(CC[Si](C)(C)O[Si](C)(O[Si](C)(C)O[Si](C)(C)C)c1ccccc1)C(F)(F)F. The molecule has 0 radical (unpaired) electrons. The van der Waals surface area contributed by atoms with E-state index in [9.17, 15) is 17.6 Å². The lowest BCUT2D eigenvalue weighted by molar-refractivity contribution is -0.224. The largest absolute Gasteiger partial charge is 0.437 e. The molecule has 0 heterocycles. The number of halogens is 4. The predicted molar refractivity (Wildman–Crippen MR) is 124 cm³/mol. The van der Waals surface area contributed by atoms with Crippen molar-refractivity contribution >= 4 is 38.9 Å². The van der Waals surface area contributed by atoms with Gasteiger partial charge in [-0.15, -0.1) is 0 Å². The molecule has 174 valence electrons. The summed E-state index contributed by atoms with van der Waals surface area (Å²) >= 11 is 0. The van der Waals surface area contributed by atoms with Crippen molar-refractivity contribution in [3.63, 3.8) is 0 Å². The molecule has 0 bridgehead atoms. The topological polar surface area (TPSA) is 27.7 Å². The molecule has 1 aromatic carbocycles. The summed E-state index contributed by atoms with van der Waals surface area (Å²) in [4.78, 5) is 0. The lowest BCUT2D eigenvalue weighted by Crippen LogP contribution is -2.63. The molecule has 30 heavy (non-hydrogen) atoms. The van der Waals surface area contributed by atoms with E-state index in [-0.39, 0.29) is 6.04 Å². The molecule has 3 nitrogen and oxygen atoms in total. The van der Waals surface area contributed by atoms with Gasteiger partial charge in [-0.2, -0.15) is 13.2 Å². The minimum Gasteiger partial charge on any atom is -0.437 e. The van der Waals surface area contributed by atoms with Crippen LogP contribution in [0.4, 0.5) is 17.6 Å². The molecule has 2 unspecified atom stereocenters. The Labute approximate surface area is 182 Å². The monoisotopic (exact) mass is 500 g/mol. The van der Waals surface area contributed by atoms with Gasteiger partial charge in [0.1, 0.15) is 0 Å². The van der Waals surface area contributed by atoms with E-state index in [2.05, 4.69) is 19.6 Å². The molecule has 0 saturated heterocycles. The normalized spacial score (nSPS) is 18.0. The maximum atomic E-state index is 14.2. The minimum absolute atomic E-state index is 0.0369. The van der Waals surface area contributed by atoms with E-state index in [0.29, 0.717) is 6.92 Å². The summed E-state index contributed by atoms with van der Waals surface area (Å²) in [6.07, 6.45) is -5.52. The van der Waals surface area contributed by atoms with Crippen LogP contribution in [0.25, 0.3) is 0 Å². The van der Waals surface area contributed by atoms with E-state index < -0.39 is 52.0 Å². The van der Waals surface area contributed by atoms with E-state index in [1.165, 1.54) is 0 Å². The molecular weight excluding hydrogens is 465 g/mol. The first-order valence-corrected chi connectivity index (χ1v) is 21.8. The highest BCUT2D eigenvalue weighted by Crippen LogP contribution is 2.39. The second-order valence-electron chi connectivity index (χ2n) is 10.1. The molecule has 0 aliphatic carbocycles. The van der Waals surface area contributed by atoms with Crippen molar-refractivity contribution in [1.29, 1.82) is 0 Å². The van der Waals surface area contributed by atoms with Gasteiger partial charge in [-0.05, 0) is 77.0 Å². The number of rotatable bonds is 10. The lowest BCUT2D eigenvalue weighted by Gasteiger charge is -2.42. The van der Waals surface area contributed by atoms with E-state index in [0.717, 1.165) is 5.19 Å². The van der Waals surface area contributed by atoms with Crippen LogP contribution in [0, 0.1) is 0 Å². The van der Waals surface area contributed by atoms with Crippen molar-refractivity contribution in [2.75, 3.05) is 0 Å². The Hall–Kier alpha value is -0.312. The summed E-state index contributed by atoms with van der Waals surface area (Å²) < 4.78 is 72.6. The van der Waals surface area contributed by atoms with Gasteiger partial charge >= 0.3 is 23.3 Å². The molecule has 0 aliphatic heterocycles. The minimum atomic E-state index is -4.89. The van der Waals surface area contributed by atoms with E-state index in [1.54, 1.807) is 0 Å². The van der Waals surface area contributed by atoms with Gasteiger partial charge in [-0.25, -0.2) is 4.39 Å². The Balaban J connectivity index is 3.15. The van der Waals surface area contributed by atoms with E-state index in [4.69, 9.17) is 12.3 Å². The highest BCUT2D eigenvalue weighted by atomic mass is 28.5. The Morgan fingerprint density at radius 3 is 1.70 bits per heavy atom.